The van der Waals surface area contributed by atoms with Gasteiger partial charge in [-0.15, -0.1) is 11.3 Å². The lowest BCUT2D eigenvalue weighted by Gasteiger charge is -2.19. The number of thiophene rings is 1. The fourth-order valence-electron chi connectivity index (χ4n) is 1.88. The zero-order valence-electron chi connectivity index (χ0n) is 9.52. The van der Waals surface area contributed by atoms with E-state index in [0.29, 0.717) is 0 Å². The molecule has 1 saturated heterocycles. The third kappa shape index (κ3) is 3.21. The van der Waals surface area contributed by atoms with Crippen molar-refractivity contribution >= 4 is 42.3 Å². The van der Waals surface area contributed by atoms with Crippen molar-refractivity contribution in [3.05, 3.63) is 15.9 Å². The Morgan fingerprint density at radius 1 is 1.59 bits per heavy atom. The van der Waals surface area contributed by atoms with Crippen LogP contribution in [0.15, 0.2) is 15.9 Å². The maximum atomic E-state index is 12.2. The van der Waals surface area contributed by atoms with E-state index in [4.69, 9.17) is 0 Å². The fourth-order valence-corrected chi connectivity index (χ4v) is 4.91. The first-order valence-electron chi connectivity index (χ1n) is 5.44. The average Bonchev–Trinajstić information content (AvgIpc) is 2.88. The van der Waals surface area contributed by atoms with Crippen LogP contribution in [0.2, 0.25) is 0 Å². The van der Waals surface area contributed by atoms with Gasteiger partial charge >= 0.3 is 0 Å². The molecule has 1 aromatic heterocycles. The third-order valence-corrected chi connectivity index (χ3v) is 6.53. The number of nitrogens with zero attached hydrogens (tertiary/aromatic N) is 1. The Labute approximate surface area is 114 Å². The van der Waals surface area contributed by atoms with Crippen molar-refractivity contribution in [2.75, 3.05) is 23.7 Å². The summed E-state index contributed by atoms with van der Waals surface area (Å²) >= 11 is 4.76. The molecule has 1 atom stereocenters. The fraction of sp³-hybridized carbons (Fsp3) is 0.600. The van der Waals surface area contributed by atoms with E-state index in [-0.39, 0.29) is 11.8 Å². The Kier molecular flexibility index (Phi) is 4.12. The molecule has 2 heterocycles. The van der Waals surface area contributed by atoms with E-state index in [9.17, 15) is 8.42 Å². The number of rotatable bonds is 4. The smallest absolute Gasteiger partial charge is 0.237 e. The van der Waals surface area contributed by atoms with Gasteiger partial charge in [-0.3, -0.25) is 4.31 Å². The maximum absolute atomic E-state index is 12.2. The quantitative estimate of drug-likeness (QED) is 0.913. The molecule has 1 aliphatic rings. The lowest BCUT2D eigenvalue weighted by Crippen LogP contribution is -2.37. The number of nitrogens with one attached hydrogen (secondary N) is 1. The van der Waals surface area contributed by atoms with Crippen LogP contribution in [0.3, 0.4) is 0 Å². The van der Waals surface area contributed by atoms with Crippen molar-refractivity contribution in [3.8, 4) is 0 Å². The molecule has 0 bridgehead atoms. The summed E-state index contributed by atoms with van der Waals surface area (Å²) in [6.45, 7) is 0.925. The van der Waals surface area contributed by atoms with Crippen LogP contribution in [0.25, 0.3) is 0 Å². The average molecular weight is 339 g/mol. The Morgan fingerprint density at radius 3 is 2.88 bits per heavy atom. The van der Waals surface area contributed by atoms with Crippen LogP contribution in [-0.4, -0.2) is 33.8 Å². The molecule has 0 spiro atoms. The molecular formula is C10H15BrN2O2S2. The molecule has 1 N–H and O–H groups in total. The molecule has 1 fully saturated rings. The molecule has 1 aromatic rings. The molecule has 2 rings (SSSR count). The highest BCUT2D eigenvalue weighted by Crippen LogP contribution is 2.30. The number of halogens is 1. The summed E-state index contributed by atoms with van der Waals surface area (Å²) in [5, 5.41) is 3.96. The van der Waals surface area contributed by atoms with Gasteiger partial charge in [0.2, 0.25) is 10.0 Å². The predicted molar refractivity (Wildman–Crippen MR) is 75.2 cm³/mol. The lowest BCUT2D eigenvalue weighted by atomic mass is 10.3. The number of anilines is 1. The van der Waals surface area contributed by atoms with Crippen molar-refractivity contribution < 1.29 is 8.42 Å². The Morgan fingerprint density at radius 2 is 2.35 bits per heavy atom. The SMILES string of the molecule is CN(c1ccc(Br)s1)S(=O)(=O)CC1CCCN1. The first-order chi connectivity index (χ1) is 7.99. The molecule has 1 aliphatic heterocycles. The zero-order chi connectivity index (χ0) is 12.5. The van der Waals surface area contributed by atoms with Gasteiger partial charge in [0, 0.05) is 13.1 Å². The summed E-state index contributed by atoms with van der Waals surface area (Å²) in [5.74, 6) is 0.180. The Balaban J connectivity index is 2.09. The van der Waals surface area contributed by atoms with Crippen LogP contribution in [0.5, 0.6) is 0 Å². The third-order valence-electron chi connectivity index (χ3n) is 2.86. The molecule has 0 amide bonds. The molecule has 96 valence electrons. The van der Waals surface area contributed by atoms with Gasteiger partial charge in [0.1, 0.15) is 5.00 Å². The molecule has 1 unspecified atom stereocenters. The first-order valence-corrected chi connectivity index (χ1v) is 8.66. The van der Waals surface area contributed by atoms with Gasteiger partial charge in [-0.2, -0.15) is 0 Å². The second kappa shape index (κ2) is 5.26. The van der Waals surface area contributed by atoms with E-state index in [2.05, 4.69) is 21.2 Å². The van der Waals surface area contributed by atoms with E-state index in [1.54, 1.807) is 7.05 Å². The Bertz CT molecular complexity index is 480. The van der Waals surface area contributed by atoms with Crippen LogP contribution < -0.4 is 9.62 Å². The van der Waals surface area contributed by atoms with Crippen molar-refractivity contribution in [3.63, 3.8) is 0 Å². The number of hydrogen-bond donors (Lipinski definition) is 1. The van der Waals surface area contributed by atoms with Crippen LogP contribution >= 0.6 is 27.3 Å². The highest BCUT2D eigenvalue weighted by Gasteiger charge is 2.26. The molecule has 4 nitrogen and oxygen atoms in total. The van der Waals surface area contributed by atoms with Crippen molar-refractivity contribution in [1.82, 2.24) is 5.32 Å². The minimum absolute atomic E-state index is 0.103. The molecule has 7 heteroatoms. The van der Waals surface area contributed by atoms with Crippen LogP contribution in [0.1, 0.15) is 12.8 Å². The summed E-state index contributed by atoms with van der Waals surface area (Å²) < 4.78 is 26.7. The Hall–Kier alpha value is -0.110. The molecular weight excluding hydrogens is 324 g/mol. The minimum atomic E-state index is -3.22. The van der Waals surface area contributed by atoms with Gasteiger partial charge in [0.25, 0.3) is 0 Å². The highest BCUT2D eigenvalue weighted by molar-refractivity contribution is 9.11. The van der Waals surface area contributed by atoms with Crippen LogP contribution in [0.4, 0.5) is 5.00 Å². The second-order valence-electron chi connectivity index (χ2n) is 4.12. The van der Waals surface area contributed by atoms with Gasteiger partial charge in [0.15, 0.2) is 0 Å². The van der Waals surface area contributed by atoms with Gasteiger partial charge < -0.3 is 5.32 Å². The van der Waals surface area contributed by atoms with Gasteiger partial charge in [-0.05, 0) is 47.4 Å². The summed E-state index contributed by atoms with van der Waals surface area (Å²) in [5.41, 5.74) is 0. The standard InChI is InChI=1S/C10H15BrN2O2S2/c1-13(10-5-4-9(11)16-10)17(14,15)7-8-3-2-6-12-8/h4-5,8,12H,2-3,6-7H2,1H3. The van der Waals surface area contributed by atoms with E-state index < -0.39 is 10.0 Å². The summed E-state index contributed by atoms with van der Waals surface area (Å²) in [6.07, 6.45) is 2.01. The molecule has 0 aliphatic carbocycles. The topological polar surface area (TPSA) is 49.4 Å². The normalized spacial score (nSPS) is 20.7. The highest BCUT2D eigenvalue weighted by atomic mass is 79.9. The van der Waals surface area contributed by atoms with Gasteiger partial charge in [-0.1, -0.05) is 0 Å². The van der Waals surface area contributed by atoms with Crippen molar-refractivity contribution in [1.29, 1.82) is 0 Å². The summed E-state index contributed by atoms with van der Waals surface area (Å²) in [4.78, 5) is 0. The lowest BCUT2D eigenvalue weighted by molar-refractivity contribution is 0.575. The van der Waals surface area contributed by atoms with E-state index in [1.165, 1.54) is 15.6 Å². The number of hydrogen-bond acceptors (Lipinski definition) is 4. The van der Waals surface area contributed by atoms with Crippen LogP contribution in [0, 0.1) is 0 Å². The predicted octanol–water partition coefficient (Wildman–Crippen LogP) is 2.03. The van der Waals surface area contributed by atoms with E-state index in [1.807, 2.05) is 12.1 Å². The molecule has 0 radical (unpaired) electrons. The van der Waals surface area contributed by atoms with Crippen LogP contribution in [-0.2, 0) is 10.0 Å². The maximum Gasteiger partial charge on any atom is 0.237 e. The molecule has 0 saturated carbocycles. The van der Waals surface area contributed by atoms with E-state index in [0.717, 1.165) is 28.2 Å². The zero-order valence-corrected chi connectivity index (χ0v) is 12.7. The first kappa shape index (κ1) is 13.3. The van der Waals surface area contributed by atoms with Crippen molar-refractivity contribution in [2.24, 2.45) is 0 Å². The molecule has 17 heavy (non-hydrogen) atoms. The van der Waals surface area contributed by atoms with Crippen molar-refractivity contribution in [2.45, 2.75) is 18.9 Å². The molecule has 0 aromatic carbocycles. The second-order valence-corrected chi connectivity index (χ2v) is 8.60. The van der Waals surface area contributed by atoms with Gasteiger partial charge in [0.05, 0.1) is 9.54 Å². The summed E-state index contributed by atoms with van der Waals surface area (Å²) in [7, 11) is -1.61. The minimum Gasteiger partial charge on any atom is -0.313 e. The largest absolute Gasteiger partial charge is 0.313 e. The van der Waals surface area contributed by atoms with E-state index >= 15 is 0 Å². The monoisotopic (exact) mass is 338 g/mol. The van der Waals surface area contributed by atoms with Gasteiger partial charge in [-0.25, -0.2) is 8.42 Å². The summed E-state index contributed by atoms with van der Waals surface area (Å²) in [6, 6.07) is 3.78. The number of sulfonamides is 1.